The maximum absolute atomic E-state index is 12.1. The van der Waals surface area contributed by atoms with E-state index in [0.29, 0.717) is 12.2 Å². The number of amides is 1. The average molecular weight is 318 g/mol. The van der Waals surface area contributed by atoms with Crippen molar-refractivity contribution in [3.63, 3.8) is 0 Å². The van der Waals surface area contributed by atoms with Crippen LogP contribution in [0.4, 0.5) is 5.69 Å². The zero-order chi connectivity index (χ0) is 16.6. The smallest absolute Gasteiger partial charge is 0.270 e. The minimum Gasteiger partial charge on any atom is -0.380 e. The lowest BCUT2D eigenvalue weighted by atomic mass is 10.2. The van der Waals surface area contributed by atoms with Gasteiger partial charge in [0.15, 0.2) is 0 Å². The molecule has 2 heterocycles. The molecule has 3 aromatic rings. The summed E-state index contributed by atoms with van der Waals surface area (Å²) in [5.74, 6) is -0.193. The van der Waals surface area contributed by atoms with Crippen LogP contribution in [0.15, 0.2) is 73.2 Å². The molecule has 0 aliphatic rings. The third-order valence-corrected chi connectivity index (χ3v) is 3.54. The zero-order valence-corrected chi connectivity index (χ0v) is 13.1. The summed E-state index contributed by atoms with van der Waals surface area (Å²) in [4.78, 5) is 20.3. The molecular formula is C19H18N4O. The van der Waals surface area contributed by atoms with Gasteiger partial charge < -0.3 is 10.6 Å². The lowest BCUT2D eigenvalue weighted by molar-refractivity contribution is 0.0946. The second kappa shape index (κ2) is 7.87. The van der Waals surface area contributed by atoms with Crippen LogP contribution in [0.25, 0.3) is 0 Å². The number of rotatable bonds is 6. The van der Waals surface area contributed by atoms with E-state index in [4.69, 9.17) is 0 Å². The van der Waals surface area contributed by atoms with Crippen molar-refractivity contribution in [2.75, 3.05) is 5.32 Å². The molecule has 0 saturated carbocycles. The minimum atomic E-state index is -0.193. The van der Waals surface area contributed by atoms with Crippen molar-refractivity contribution in [1.82, 2.24) is 15.3 Å². The van der Waals surface area contributed by atoms with E-state index in [1.165, 1.54) is 5.56 Å². The van der Waals surface area contributed by atoms with Gasteiger partial charge in [0, 0.05) is 25.5 Å². The number of pyridine rings is 2. The van der Waals surface area contributed by atoms with Gasteiger partial charge in [-0.25, -0.2) is 4.98 Å². The summed E-state index contributed by atoms with van der Waals surface area (Å²) in [5, 5.41) is 6.13. The van der Waals surface area contributed by atoms with Crippen LogP contribution in [0.2, 0.25) is 0 Å². The predicted molar refractivity (Wildman–Crippen MR) is 93.4 cm³/mol. The van der Waals surface area contributed by atoms with E-state index in [1.54, 1.807) is 24.7 Å². The first-order chi connectivity index (χ1) is 11.8. The van der Waals surface area contributed by atoms with Gasteiger partial charge in [0.05, 0.1) is 11.9 Å². The monoisotopic (exact) mass is 318 g/mol. The Morgan fingerprint density at radius 1 is 0.875 bits per heavy atom. The van der Waals surface area contributed by atoms with Crippen LogP contribution in [0.3, 0.4) is 0 Å². The molecule has 24 heavy (non-hydrogen) atoms. The van der Waals surface area contributed by atoms with E-state index in [2.05, 4.69) is 32.7 Å². The average Bonchev–Trinajstić information content (AvgIpc) is 2.66. The fraction of sp³-hybridized carbons (Fsp3) is 0.105. The summed E-state index contributed by atoms with van der Waals surface area (Å²) in [6, 6.07) is 17.4. The molecule has 0 spiro atoms. The van der Waals surface area contributed by atoms with Gasteiger partial charge in [0.25, 0.3) is 5.91 Å². The highest BCUT2D eigenvalue weighted by atomic mass is 16.1. The number of benzene rings is 1. The van der Waals surface area contributed by atoms with Crippen LogP contribution in [0.5, 0.6) is 0 Å². The van der Waals surface area contributed by atoms with Gasteiger partial charge in [0.2, 0.25) is 0 Å². The summed E-state index contributed by atoms with van der Waals surface area (Å²) in [7, 11) is 0. The second-order valence-electron chi connectivity index (χ2n) is 5.31. The van der Waals surface area contributed by atoms with Crippen molar-refractivity contribution in [3.05, 3.63) is 90.0 Å². The Labute approximate surface area is 140 Å². The molecule has 0 unspecified atom stereocenters. The summed E-state index contributed by atoms with van der Waals surface area (Å²) in [6.45, 7) is 1.17. The predicted octanol–water partition coefficient (Wildman–Crippen LogP) is 3.02. The Bertz CT molecular complexity index is 773. The number of anilines is 1. The Kier molecular flexibility index (Phi) is 5.14. The molecule has 5 heteroatoms. The summed E-state index contributed by atoms with van der Waals surface area (Å²) in [6.07, 6.45) is 5.07. The molecular weight excluding hydrogens is 300 g/mol. The fourth-order valence-corrected chi connectivity index (χ4v) is 2.21. The maximum Gasteiger partial charge on any atom is 0.270 e. The minimum absolute atomic E-state index is 0.193. The highest BCUT2D eigenvalue weighted by Gasteiger charge is 2.06. The van der Waals surface area contributed by atoms with Gasteiger partial charge in [0.1, 0.15) is 5.69 Å². The Morgan fingerprint density at radius 3 is 2.33 bits per heavy atom. The third-order valence-electron chi connectivity index (χ3n) is 3.54. The van der Waals surface area contributed by atoms with Crippen molar-refractivity contribution in [2.24, 2.45) is 0 Å². The number of nitrogens with zero attached hydrogens (tertiary/aromatic N) is 2. The van der Waals surface area contributed by atoms with Crippen LogP contribution >= 0.6 is 0 Å². The molecule has 3 rings (SSSR count). The largest absolute Gasteiger partial charge is 0.380 e. The van der Waals surface area contributed by atoms with Crippen molar-refractivity contribution in [1.29, 1.82) is 0 Å². The molecule has 1 amide bonds. The first kappa shape index (κ1) is 15.7. The van der Waals surface area contributed by atoms with Crippen molar-refractivity contribution < 1.29 is 4.79 Å². The lowest BCUT2D eigenvalue weighted by Gasteiger charge is -2.08. The van der Waals surface area contributed by atoms with E-state index in [-0.39, 0.29) is 5.91 Å². The molecule has 2 N–H and O–H groups in total. The van der Waals surface area contributed by atoms with Gasteiger partial charge in [-0.1, -0.05) is 30.3 Å². The molecule has 0 aliphatic carbocycles. The van der Waals surface area contributed by atoms with Crippen LogP contribution in [0, 0.1) is 0 Å². The van der Waals surface area contributed by atoms with Crippen LogP contribution in [-0.2, 0) is 13.1 Å². The highest BCUT2D eigenvalue weighted by Crippen LogP contribution is 2.09. The number of hydrogen-bond acceptors (Lipinski definition) is 4. The van der Waals surface area contributed by atoms with Crippen molar-refractivity contribution >= 4 is 11.6 Å². The van der Waals surface area contributed by atoms with E-state index >= 15 is 0 Å². The van der Waals surface area contributed by atoms with E-state index in [9.17, 15) is 4.79 Å². The number of nitrogens with one attached hydrogen (secondary N) is 2. The molecule has 0 atom stereocenters. The standard InChI is InChI=1S/C19H18N4O/c24-19(23-13-16-8-10-20-11-9-16)18-7-6-17(14-22-18)21-12-15-4-2-1-3-5-15/h1-11,14,21H,12-13H2,(H,23,24). The van der Waals surface area contributed by atoms with Crippen LogP contribution < -0.4 is 10.6 Å². The van der Waals surface area contributed by atoms with E-state index in [0.717, 1.165) is 17.8 Å². The number of aromatic nitrogens is 2. The van der Waals surface area contributed by atoms with Gasteiger partial charge in [-0.15, -0.1) is 0 Å². The summed E-state index contributed by atoms with van der Waals surface area (Å²) >= 11 is 0. The summed E-state index contributed by atoms with van der Waals surface area (Å²) < 4.78 is 0. The lowest BCUT2D eigenvalue weighted by Crippen LogP contribution is -2.23. The zero-order valence-electron chi connectivity index (χ0n) is 13.1. The third kappa shape index (κ3) is 4.39. The first-order valence-electron chi connectivity index (χ1n) is 7.72. The van der Waals surface area contributed by atoms with Crippen LogP contribution in [0.1, 0.15) is 21.6 Å². The van der Waals surface area contributed by atoms with Gasteiger partial charge >= 0.3 is 0 Å². The summed E-state index contributed by atoms with van der Waals surface area (Å²) in [5.41, 5.74) is 3.47. The Morgan fingerprint density at radius 2 is 1.62 bits per heavy atom. The Hall–Kier alpha value is -3.21. The fourth-order valence-electron chi connectivity index (χ4n) is 2.21. The van der Waals surface area contributed by atoms with E-state index < -0.39 is 0 Å². The van der Waals surface area contributed by atoms with Gasteiger partial charge in [-0.2, -0.15) is 0 Å². The molecule has 0 radical (unpaired) electrons. The second-order valence-corrected chi connectivity index (χ2v) is 5.31. The molecule has 0 fully saturated rings. The number of carbonyl (C=O) groups is 1. The molecule has 120 valence electrons. The molecule has 1 aromatic carbocycles. The SMILES string of the molecule is O=C(NCc1ccncc1)c1ccc(NCc2ccccc2)cn1. The van der Waals surface area contributed by atoms with Crippen molar-refractivity contribution in [2.45, 2.75) is 13.1 Å². The normalized spacial score (nSPS) is 10.2. The van der Waals surface area contributed by atoms with Gasteiger partial charge in [-0.3, -0.25) is 9.78 Å². The topological polar surface area (TPSA) is 66.9 Å². The molecule has 0 aliphatic heterocycles. The quantitative estimate of drug-likeness (QED) is 0.733. The first-order valence-corrected chi connectivity index (χ1v) is 7.72. The highest BCUT2D eigenvalue weighted by molar-refractivity contribution is 5.92. The number of carbonyl (C=O) groups excluding carboxylic acids is 1. The molecule has 0 saturated heterocycles. The number of hydrogen-bond donors (Lipinski definition) is 2. The molecule has 0 bridgehead atoms. The maximum atomic E-state index is 12.1. The molecule has 2 aromatic heterocycles. The Balaban J connectivity index is 1.53. The molecule has 5 nitrogen and oxygen atoms in total. The van der Waals surface area contributed by atoms with Gasteiger partial charge in [-0.05, 0) is 35.4 Å². The van der Waals surface area contributed by atoms with Crippen molar-refractivity contribution in [3.8, 4) is 0 Å². The van der Waals surface area contributed by atoms with Crippen LogP contribution in [-0.4, -0.2) is 15.9 Å². The van der Waals surface area contributed by atoms with E-state index in [1.807, 2.05) is 36.4 Å².